The predicted octanol–water partition coefficient (Wildman–Crippen LogP) is 6.45. The first-order valence-corrected chi connectivity index (χ1v) is 10.1. The fourth-order valence-electron chi connectivity index (χ4n) is 3.41. The molecule has 4 nitrogen and oxygen atoms in total. The van der Waals surface area contributed by atoms with Crippen LogP contribution in [0.1, 0.15) is 17.2 Å². The highest BCUT2D eigenvalue weighted by Gasteiger charge is 2.25. The van der Waals surface area contributed by atoms with E-state index >= 15 is 0 Å². The number of hydrogen-bond acceptors (Lipinski definition) is 3. The van der Waals surface area contributed by atoms with Crippen molar-refractivity contribution in [3.05, 3.63) is 106 Å². The second-order valence-electron chi connectivity index (χ2n) is 6.92. The van der Waals surface area contributed by atoms with Gasteiger partial charge in [-0.1, -0.05) is 47.5 Å². The van der Waals surface area contributed by atoms with Crippen molar-refractivity contribution in [1.82, 2.24) is 14.8 Å². The molecule has 1 N–H and O–H groups in total. The van der Waals surface area contributed by atoms with Gasteiger partial charge in [0.15, 0.2) is 5.82 Å². The Morgan fingerprint density at radius 1 is 0.800 bits per heavy atom. The molecule has 2 heterocycles. The Bertz CT molecular complexity index is 1230. The Kier molecular flexibility index (Phi) is 4.77. The van der Waals surface area contributed by atoms with Crippen molar-refractivity contribution in [3.63, 3.8) is 0 Å². The van der Waals surface area contributed by atoms with E-state index in [1.54, 1.807) is 28.9 Å². The maximum absolute atomic E-state index is 13.5. The van der Waals surface area contributed by atoms with Gasteiger partial charge in [0.25, 0.3) is 0 Å². The summed E-state index contributed by atoms with van der Waals surface area (Å²) in [4.78, 5) is 4.69. The Morgan fingerprint density at radius 3 is 2.03 bits per heavy atom. The average Bonchev–Trinajstić information content (AvgIpc) is 3.19. The zero-order valence-corrected chi connectivity index (χ0v) is 17.1. The molecule has 148 valence electrons. The van der Waals surface area contributed by atoms with Crippen LogP contribution >= 0.6 is 23.2 Å². The molecule has 0 aliphatic carbocycles. The molecule has 0 bridgehead atoms. The average molecular weight is 437 g/mol. The van der Waals surface area contributed by atoms with Crippen molar-refractivity contribution in [1.29, 1.82) is 0 Å². The highest BCUT2D eigenvalue weighted by molar-refractivity contribution is 6.30. The van der Waals surface area contributed by atoms with Gasteiger partial charge in [0, 0.05) is 21.3 Å². The molecule has 1 aliphatic rings. The number of fused-ring (bicyclic) bond motifs is 1. The Morgan fingerprint density at radius 2 is 1.40 bits per heavy atom. The van der Waals surface area contributed by atoms with E-state index in [-0.39, 0.29) is 11.9 Å². The maximum atomic E-state index is 13.5. The van der Waals surface area contributed by atoms with Crippen LogP contribution in [0.4, 0.5) is 10.3 Å². The molecule has 4 aromatic rings. The van der Waals surface area contributed by atoms with Crippen molar-refractivity contribution < 1.29 is 4.39 Å². The largest absolute Gasteiger partial charge is 0.324 e. The lowest BCUT2D eigenvalue weighted by Gasteiger charge is -2.24. The van der Waals surface area contributed by atoms with E-state index in [2.05, 4.69) is 5.32 Å². The van der Waals surface area contributed by atoms with Gasteiger partial charge in [-0.2, -0.15) is 4.98 Å². The number of hydrogen-bond donors (Lipinski definition) is 1. The van der Waals surface area contributed by atoms with Crippen LogP contribution in [0.2, 0.25) is 10.0 Å². The molecule has 30 heavy (non-hydrogen) atoms. The SMILES string of the molecule is Fc1ccc([C@@H]2C=C(c3ccc(Cl)cc3)Nc3nc(-c4ccc(Cl)cc4)nn32)cc1. The van der Waals surface area contributed by atoms with Crippen LogP contribution < -0.4 is 5.32 Å². The van der Waals surface area contributed by atoms with Crippen LogP contribution in [0.25, 0.3) is 17.1 Å². The number of nitrogens with one attached hydrogen (secondary N) is 1. The monoisotopic (exact) mass is 436 g/mol. The van der Waals surface area contributed by atoms with Crippen LogP contribution in [0.5, 0.6) is 0 Å². The molecule has 1 atom stereocenters. The summed E-state index contributed by atoms with van der Waals surface area (Å²) in [5.41, 5.74) is 3.60. The summed E-state index contributed by atoms with van der Waals surface area (Å²) >= 11 is 12.0. The summed E-state index contributed by atoms with van der Waals surface area (Å²) in [5.74, 6) is 0.893. The number of rotatable bonds is 3. The summed E-state index contributed by atoms with van der Waals surface area (Å²) in [5, 5.41) is 9.38. The van der Waals surface area contributed by atoms with Crippen molar-refractivity contribution in [2.45, 2.75) is 6.04 Å². The van der Waals surface area contributed by atoms with Gasteiger partial charge in [-0.15, -0.1) is 5.10 Å². The molecule has 0 saturated heterocycles. The first-order valence-electron chi connectivity index (χ1n) is 9.29. The molecule has 0 saturated carbocycles. The van der Waals surface area contributed by atoms with Gasteiger partial charge < -0.3 is 5.32 Å². The molecule has 0 amide bonds. The number of halogens is 3. The minimum Gasteiger partial charge on any atom is -0.324 e. The van der Waals surface area contributed by atoms with E-state index in [1.165, 1.54) is 12.1 Å². The fraction of sp³-hybridized carbons (Fsp3) is 0.0435. The molecule has 1 aliphatic heterocycles. The first-order chi connectivity index (χ1) is 14.6. The molecule has 0 spiro atoms. The third-order valence-corrected chi connectivity index (χ3v) is 5.44. The van der Waals surface area contributed by atoms with Crippen LogP contribution in [-0.2, 0) is 0 Å². The maximum Gasteiger partial charge on any atom is 0.227 e. The normalized spacial score (nSPS) is 15.3. The van der Waals surface area contributed by atoms with Crippen LogP contribution in [-0.4, -0.2) is 14.8 Å². The minimum atomic E-state index is -0.282. The lowest BCUT2D eigenvalue weighted by Crippen LogP contribution is -2.20. The van der Waals surface area contributed by atoms with E-state index in [0.717, 1.165) is 22.4 Å². The van der Waals surface area contributed by atoms with E-state index in [4.69, 9.17) is 33.3 Å². The van der Waals surface area contributed by atoms with Crippen LogP contribution in [0.15, 0.2) is 78.9 Å². The summed E-state index contributed by atoms with van der Waals surface area (Å²) < 4.78 is 15.3. The number of nitrogens with zero attached hydrogens (tertiary/aromatic N) is 3. The number of benzene rings is 3. The van der Waals surface area contributed by atoms with Gasteiger partial charge in [-0.25, -0.2) is 9.07 Å². The zero-order valence-electron chi connectivity index (χ0n) is 15.6. The quantitative estimate of drug-likeness (QED) is 0.401. The predicted molar refractivity (Wildman–Crippen MR) is 118 cm³/mol. The van der Waals surface area contributed by atoms with Crippen LogP contribution in [0, 0.1) is 5.82 Å². The van der Waals surface area contributed by atoms with E-state index < -0.39 is 0 Å². The molecule has 0 fully saturated rings. The smallest absolute Gasteiger partial charge is 0.227 e. The topological polar surface area (TPSA) is 42.7 Å². The minimum absolute atomic E-state index is 0.249. The Balaban J connectivity index is 1.61. The van der Waals surface area contributed by atoms with Crippen molar-refractivity contribution >= 4 is 34.8 Å². The standard InChI is InChI=1S/C23H15Cl2FN4/c24-17-7-1-14(2-8-17)20-13-21(15-5-11-19(26)12-6-15)30-23(27-20)28-22(29-30)16-3-9-18(25)10-4-16/h1-13,21H,(H,27,28,29)/t21-/m0/s1. The van der Waals surface area contributed by atoms with Gasteiger partial charge in [-0.3, -0.25) is 0 Å². The third-order valence-electron chi connectivity index (χ3n) is 4.93. The van der Waals surface area contributed by atoms with Gasteiger partial charge in [-0.05, 0) is 65.7 Å². The molecule has 5 rings (SSSR count). The van der Waals surface area contributed by atoms with Crippen molar-refractivity contribution in [3.8, 4) is 11.4 Å². The van der Waals surface area contributed by atoms with E-state index in [1.807, 2.05) is 42.5 Å². The number of allylic oxidation sites excluding steroid dienone is 1. The first kappa shape index (κ1) is 18.9. The highest BCUT2D eigenvalue weighted by Crippen LogP contribution is 2.34. The summed E-state index contributed by atoms with van der Waals surface area (Å²) in [6.07, 6.45) is 2.05. The van der Waals surface area contributed by atoms with E-state index in [9.17, 15) is 4.39 Å². The molecule has 0 radical (unpaired) electrons. The van der Waals surface area contributed by atoms with Crippen molar-refractivity contribution in [2.24, 2.45) is 0 Å². The molecule has 1 aromatic heterocycles. The number of aromatic nitrogens is 3. The summed E-state index contributed by atoms with van der Waals surface area (Å²) in [7, 11) is 0. The molecular weight excluding hydrogens is 422 g/mol. The molecular formula is C23H15Cl2FN4. The van der Waals surface area contributed by atoms with Gasteiger partial charge in [0.2, 0.25) is 5.95 Å². The second kappa shape index (κ2) is 7.59. The van der Waals surface area contributed by atoms with Gasteiger partial charge in [0.1, 0.15) is 11.9 Å². The van der Waals surface area contributed by atoms with Gasteiger partial charge >= 0.3 is 0 Å². The lowest BCUT2D eigenvalue weighted by atomic mass is 10.0. The van der Waals surface area contributed by atoms with Crippen molar-refractivity contribution in [2.75, 3.05) is 5.32 Å². The molecule has 7 heteroatoms. The molecule has 0 unspecified atom stereocenters. The summed E-state index contributed by atoms with van der Waals surface area (Å²) in [6, 6.07) is 21.1. The third kappa shape index (κ3) is 3.58. The van der Waals surface area contributed by atoms with Gasteiger partial charge in [0.05, 0.1) is 0 Å². The Hall–Kier alpha value is -3.15. The summed E-state index contributed by atoms with van der Waals surface area (Å²) in [6.45, 7) is 0. The lowest BCUT2D eigenvalue weighted by molar-refractivity contribution is 0.604. The number of anilines is 1. The molecule has 3 aromatic carbocycles. The van der Waals surface area contributed by atoms with Crippen LogP contribution in [0.3, 0.4) is 0 Å². The highest BCUT2D eigenvalue weighted by atomic mass is 35.5. The second-order valence-corrected chi connectivity index (χ2v) is 7.79. The Labute approximate surface area is 182 Å². The fourth-order valence-corrected chi connectivity index (χ4v) is 3.66. The zero-order chi connectivity index (χ0) is 20.7. The van der Waals surface area contributed by atoms with E-state index in [0.29, 0.717) is 21.8 Å².